The van der Waals surface area contributed by atoms with Crippen molar-refractivity contribution in [3.8, 4) is 72.9 Å². The topological polar surface area (TPSA) is 59.0 Å². The number of rotatable bonds is 11. The standard InChI is InChI=1S/C61H45NO4/c1-40-13-27-50(28-14-40)62(51-29-19-46(20-30-51)60-58(44-9-5-3-6-10-44)54-37-48(25-35-56(54)65-60)42-17-15-41(39-63)16-18-42)52-31-21-47(22-32-52)61-59(45-11-7-4-8-12-45)55-38-49(26-36-57(55)66-61)43-23-33-53(64-2)34-24-43/h3-38,63H,39H2,1-2H3. The van der Waals surface area contributed by atoms with Crippen molar-refractivity contribution in [2.75, 3.05) is 12.0 Å². The van der Waals surface area contributed by atoms with Gasteiger partial charge < -0.3 is 23.6 Å². The summed E-state index contributed by atoms with van der Waals surface area (Å²) in [6.07, 6.45) is 0. The monoisotopic (exact) mass is 855 g/mol. The summed E-state index contributed by atoms with van der Waals surface area (Å²) in [5.41, 5.74) is 17.5. The van der Waals surface area contributed by atoms with Gasteiger partial charge in [0.05, 0.1) is 13.7 Å². The highest BCUT2D eigenvalue weighted by Gasteiger charge is 2.22. The molecule has 11 aromatic rings. The Bertz CT molecular complexity index is 3230. The Morgan fingerprint density at radius 1 is 0.409 bits per heavy atom. The Balaban J connectivity index is 0.975. The molecule has 0 aliphatic heterocycles. The molecule has 1 N–H and O–H groups in total. The molecule has 0 unspecified atom stereocenters. The van der Waals surface area contributed by atoms with Crippen molar-refractivity contribution in [2.24, 2.45) is 0 Å². The van der Waals surface area contributed by atoms with Gasteiger partial charge in [-0.05, 0) is 143 Å². The second-order valence-corrected chi connectivity index (χ2v) is 16.6. The van der Waals surface area contributed by atoms with Crippen molar-refractivity contribution in [1.82, 2.24) is 0 Å². The molecule has 11 rings (SSSR count). The van der Waals surface area contributed by atoms with Crippen LogP contribution in [0.1, 0.15) is 11.1 Å². The molecule has 0 saturated carbocycles. The van der Waals surface area contributed by atoms with Gasteiger partial charge in [0.2, 0.25) is 0 Å². The van der Waals surface area contributed by atoms with Crippen LogP contribution in [0.4, 0.5) is 17.1 Å². The second kappa shape index (κ2) is 17.3. The molecule has 5 nitrogen and oxygen atoms in total. The van der Waals surface area contributed by atoms with Crippen LogP contribution in [0.2, 0.25) is 0 Å². The third-order valence-corrected chi connectivity index (χ3v) is 12.5. The van der Waals surface area contributed by atoms with E-state index in [-0.39, 0.29) is 6.61 Å². The first-order valence-corrected chi connectivity index (χ1v) is 22.2. The van der Waals surface area contributed by atoms with Crippen LogP contribution in [0.25, 0.3) is 89.1 Å². The van der Waals surface area contributed by atoms with Crippen molar-refractivity contribution in [1.29, 1.82) is 0 Å². The van der Waals surface area contributed by atoms with E-state index in [1.54, 1.807) is 7.11 Å². The summed E-state index contributed by atoms with van der Waals surface area (Å²) in [5.74, 6) is 2.47. The predicted octanol–water partition coefficient (Wildman–Crippen LogP) is 16.5. The molecule has 0 bridgehead atoms. The maximum atomic E-state index is 9.62. The van der Waals surface area contributed by atoms with Crippen molar-refractivity contribution in [3.05, 3.63) is 230 Å². The fraction of sp³-hybridized carbons (Fsp3) is 0.0492. The fourth-order valence-electron chi connectivity index (χ4n) is 8.99. The van der Waals surface area contributed by atoms with E-state index in [1.165, 1.54) is 5.56 Å². The highest BCUT2D eigenvalue weighted by Crippen LogP contribution is 2.46. The number of nitrogens with zero attached hydrogens (tertiary/aromatic N) is 1. The largest absolute Gasteiger partial charge is 0.497 e. The molecule has 0 aliphatic carbocycles. The number of methoxy groups -OCH3 is 1. The number of fused-ring (bicyclic) bond motifs is 2. The lowest BCUT2D eigenvalue weighted by Crippen LogP contribution is -2.09. The van der Waals surface area contributed by atoms with Gasteiger partial charge in [0.1, 0.15) is 28.4 Å². The van der Waals surface area contributed by atoms with E-state index >= 15 is 0 Å². The molecular formula is C61H45NO4. The van der Waals surface area contributed by atoms with Gasteiger partial charge in [-0.15, -0.1) is 0 Å². The van der Waals surface area contributed by atoms with Gasteiger partial charge in [0.25, 0.3) is 0 Å². The molecule has 0 fully saturated rings. The minimum atomic E-state index is 0.0180. The van der Waals surface area contributed by atoms with Gasteiger partial charge in [-0.3, -0.25) is 0 Å². The molecule has 0 amide bonds. The van der Waals surface area contributed by atoms with Crippen LogP contribution in [-0.4, -0.2) is 12.2 Å². The van der Waals surface area contributed by atoms with Crippen LogP contribution in [0.3, 0.4) is 0 Å². The van der Waals surface area contributed by atoms with Gasteiger partial charge in [0, 0.05) is 50.1 Å². The Morgan fingerprint density at radius 2 is 0.803 bits per heavy atom. The van der Waals surface area contributed by atoms with Gasteiger partial charge in [-0.1, -0.05) is 127 Å². The number of anilines is 3. The molecule has 0 aliphatic rings. The van der Waals surface area contributed by atoms with Gasteiger partial charge in [0.15, 0.2) is 0 Å². The zero-order valence-electron chi connectivity index (χ0n) is 36.6. The van der Waals surface area contributed by atoms with E-state index in [0.717, 1.165) is 117 Å². The number of aryl methyl sites for hydroxylation is 1. The minimum absolute atomic E-state index is 0.0180. The van der Waals surface area contributed by atoms with Crippen molar-refractivity contribution in [2.45, 2.75) is 13.5 Å². The van der Waals surface area contributed by atoms with E-state index < -0.39 is 0 Å². The highest BCUT2D eigenvalue weighted by atomic mass is 16.5. The highest BCUT2D eigenvalue weighted by molar-refractivity contribution is 6.05. The van der Waals surface area contributed by atoms with E-state index in [0.29, 0.717) is 0 Å². The molecule has 0 atom stereocenters. The second-order valence-electron chi connectivity index (χ2n) is 16.6. The maximum absolute atomic E-state index is 9.62. The summed E-state index contributed by atoms with van der Waals surface area (Å²) >= 11 is 0. The van der Waals surface area contributed by atoms with Crippen LogP contribution in [0.15, 0.2) is 227 Å². The first kappa shape index (κ1) is 40.4. The lowest BCUT2D eigenvalue weighted by atomic mass is 9.96. The Labute approximate surface area is 384 Å². The van der Waals surface area contributed by atoms with E-state index in [1.807, 2.05) is 36.4 Å². The minimum Gasteiger partial charge on any atom is -0.497 e. The van der Waals surface area contributed by atoms with Gasteiger partial charge in [-0.2, -0.15) is 0 Å². The average Bonchev–Trinajstić information content (AvgIpc) is 3.97. The molecule has 0 radical (unpaired) electrons. The van der Waals surface area contributed by atoms with E-state index in [4.69, 9.17) is 13.6 Å². The number of hydrogen-bond donors (Lipinski definition) is 1. The third kappa shape index (κ3) is 7.61. The number of ether oxygens (including phenoxy) is 1. The van der Waals surface area contributed by atoms with Gasteiger partial charge in [-0.25, -0.2) is 0 Å². The molecule has 66 heavy (non-hydrogen) atoms. The zero-order valence-corrected chi connectivity index (χ0v) is 36.6. The average molecular weight is 856 g/mol. The predicted molar refractivity (Wildman–Crippen MR) is 270 cm³/mol. The Kier molecular flexibility index (Phi) is 10.6. The number of aliphatic hydroxyl groups is 1. The van der Waals surface area contributed by atoms with Crippen LogP contribution in [-0.2, 0) is 6.61 Å². The maximum Gasteiger partial charge on any atom is 0.143 e. The molecule has 5 heteroatoms. The molecule has 0 saturated heterocycles. The van der Waals surface area contributed by atoms with Crippen LogP contribution < -0.4 is 9.64 Å². The summed E-state index contributed by atoms with van der Waals surface area (Å²) in [6, 6.07) is 76.0. The zero-order chi connectivity index (χ0) is 44.6. The molecule has 2 aromatic heterocycles. The summed E-state index contributed by atoms with van der Waals surface area (Å²) in [7, 11) is 1.69. The first-order valence-electron chi connectivity index (χ1n) is 22.2. The van der Waals surface area contributed by atoms with Crippen LogP contribution in [0, 0.1) is 6.92 Å². The number of hydrogen-bond acceptors (Lipinski definition) is 5. The summed E-state index contributed by atoms with van der Waals surface area (Å²) in [6.45, 7) is 2.13. The lowest BCUT2D eigenvalue weighted by Gasteiger charge is -2.26. The summed E-state index contributed by atoms with van der Waals surface area (Å²) in [5, 5.41) is 11.7. The molecule has 2 heterocycles. The number of benzene rings is 9. The van der Waals surface area contributed by atoms with Crippen LogP contribution >= 0.6 is 0 Å². The number of furan rings is 2. The fourth-order valence-corrected chi connectivity index (χ4v) is 8.99. The van der Waals surface area contributed by atoms with Crippen molar-refractivity contribution < 1.29 is 18.7 Å². The summed E-state index contributed by atoms with van der Waals surface area (Å²) < 4.78 is 18.9. The van der Waals surface area contributed by atoms with Gasteiger partial charge >= 0.3 is 0 Å². The SMILES string of the molecule is COc1ccc(-c2ccc3oc(-c4ccc(N(c5ccc(C)cc5)c5ccc(-c6oc7ccc(-c8ccc(CO)cc8)cc7c6-c6ccccc6)cc5)cc4)c(-c4ccccc4)c3c2)cc1. The van der Waals surface area contributed by atoms with Crippen LogP contribution in [0.5, 0.6) is 5.75 Å². The molecule has 318 valence electrons. The first-order chi connectivity index (χ1) is 32.5. The third-order valence-electron chi connectivity index (χ3n) is 12.5. The summed E-state index contributed by atoms with van der Waals surface area (Å²) in [4.78, 5) is 2.29. The Morgan fingerprint density at radius 3 is 1.23 bits per heavy atom. The van der Waals surface area contributed by atoms with E-state index in [2.05, 4.69) is 194 Å². The molecule has 0 spiro atoms. The van der Waals surface area contributed by atoms with Crippen molar-refractivity contribution >= 4 is 39.0 Å². The number of aliphatic hydroxyl groups excluding tert-OH is 1. The molecular weight excluding hydrogens is 811 g/mol. The van der Waals surface area contributed by atoms with Crippen molar-refractivity contribution in [3.63, 3.8) is 0 Å². The van der Waals surface area contributed by atoms with E-state index in [9.17, 15) is 5.11 Å². The normalized spacial score (nSPS) is 11.3. The lowest BCUT2D eigenvalue weighted by molar-refractivity contribution is 0.282. The Hall–Kier alpha value is -8.38. The smallest absolute Gasteiger partial charge is 0.143 e. The molecule has 9 aromatic carbocycles. The quantitative estimate of drug-likeness (QED) is 0.140.